The third-order valence-electron chi connectivity index (χ3n) is 2.89. The van der Waals surface area contributed by atoms with Crippen molar-refractivity contribution in [3.63, 3.8) is 0 Å². The second-order valence-electron chi connectivity index (χ2n) is 4.38. The molecule has 1 atom stereocenters. The molecule has 0 fully saturated rings. The number of aliphatic hydroxyl groups is 3. The Balaban J connectivity index is 4.19. The molecular formula is C10H24N2O3. The third kappa shape index (κ3) is 4.44. The minimum Gasteiger partial charge on any atom is -0.394 e. The first kappa shape index (κ1) is 14.8. The highest BCUT2D eigenvalue weighted by atomic mass is 16.3. The van der Waals surface area contributed by atoms with Crippen LogP contribution < -0.4 is 11.1 Å². The van der Waals surface area contributed by atoms with E-state index >= 15 is 0 Å². The first-order valence-corrected chi connectivity index (χ1v) is 5.33. The van der Waals surface area contributed by atoms with E-state index in [1.54, 1.807) is 0 Å². The molecule has 0 aromatic heterocycles. The zero-order valence-corrected chi connectivity index (χ0v) is 9.61. The third-order valence-corrected chi connectivity index (χ3v) is 2.89. The molecular weight excluding hydrogens is 196 g/mol. The van der Waals surface area contributed by atoms with Crippen LogP contribution in [0, 0.1) is 11.8 Å². The van der Waals surface area contributed by atoms with Crippen molar-refractivity contribution in [3.05, 3.63) is 0 Å². The van der Waals surface area contributed by atoms with Crippen molar-refractivity contribution in [2.24, 2.45) is 17.6 Å². The van der Waals surface area contributed by atoms with Crippen LogP contribution in [0.3, 0.4) is 0 Å². The smallest absolute Gasteiger partial charge is 0.0881 e. The SMILES string of the molecule is CC(C)C(CN)CNC(CO)(CO)CO. The van der Waals surface area contributed by atoms with Crippen molar-refractivity contribution in [3.8, 4) is 0 Å². The van der Waals surface area contributed by atoms with Crippen molar-refractivity contribution in [1.29, 1.82) is 0 Å². The maximum atomic E-state index is 9.09. The van der Waals surface area contributed by atoms with Crippen molar-refractivity contribution >= 4 is 0 Å². The lowest BCUT2D eigenvalue weighted by Crippen LogP contribution is -2.56. The topological polar surface area (TPSA) is 98.7 Å². The molecule has 5 nitrogen and oxygen atoms in total. The first-order chi connectivity index (χ1) is 7.05. The Morgan fingerprint density at radius 2 is 1.60 bits per heavy atom. The molecule has 1 unspecified atom stereocenters. The molecule has 0 aliphatic rings. The van der Waals surface area contributed by atoms with Gasteiger partial charge in [0, 0.05) is 6.54 Å². The molecule has 0 spiro atoms. The summed E-state index contributed by atoms with van der Waals surface area (Å²) in [6, 6.07) is 0. The second kappa shape index (κ2) is 7.14. The largest absolute Gasteiger partial charge is 0.394 e. The van der Waals surface area contributed by atoms with Crippen molar-refractivity contribution in [2.45, 2.75) is 19.4 Å². The van der Waals surface area contributed by atoms with Gasteiger partial charge in [-0.3, -0.25) is 0 Å². The predicted molar refractivity (Wildman–Crippen MR) is 59.4 cm³/mol. The van der Waals surface area contributed by atoms with Gasteiger partial charge in [0.1, 0.15) is 0 Å². The van der Waals surface area contributed by atoms with Crippen LogP contribution in [0.4, 0.5) is 0 Å². The van der Waals surface area contributed by atoms with Crippen LogP contribution in [0.1, 0.15) is 13.8 Å². The van der Waals surface area contributed by atoms with E-state index in [0.717, 1.165) is 0 Å². The number of rotatable bonds is 8. The average molecular weight is 220 g/mol. The summed E-state index contributed by atoms with van der Waals surface area (Å²) in [7, 11) is 0. The van der Waals surface area contributed by atoms with Crippen LogP contribution in [0.5, 0.6) is 0 Å². The van der Waals surface area contributed by atoms with Crippen LogP contribution in [0.15, 0.2) is 0 Å². The molecule has 5 heteroatoms. The molecule has 0 aromatic carbocycles. The van der Waals surface area contributed by atoms with Crippen LogP contribution in [0.2, 0.25) is 0 Å². The Bertz CT molecular complexity index is 152. The highest BCUT2D eigenvalue weighted by molar-refractivity contribution is 4.87. The average Bonchev–Trinajstić information content (AvgIpc) is 2.25. The summed E-state index contributed by atoms with van der Waals surface area (Å²) >= 11 is 0. The van der Waals surface area contributed by atoms with Gasteiger partial charge in [-0.25, -0.2) is 0 Å². The maximum absolute atomic E-state index is 9.09. The van der Waals surface area contributed by atoms with Crippen molar-refractivity contribution in [2.75, 3.05) is 32.9 Å². The van der Waals surface area contributed by atoms with Crippen LogP contribution in [0.25, 0.3) is 0 Å². The standard InChI is InChI=1S/C10H24N2O3/c1-8(2)9(3-11)4-12-10(5-13,6-14)7-15/h8-9,12-15H,3-7,11H2,1-2H3. The fourth-order valence-corrected chi connectivity index (χ4v) is 1.26. The lowest BCUT2D eigenvalue weighted by atomic mass is 9.94. The normalized spacial score (nSPS) is 14.6. The second-order valence-corrected chi connectivity index (χ2v) is 4.38. The summed E-state index contributed by atoms with van der Waals surface area (Å²) in [5.74, 6) is 0.699. The molecule has 0 amide bonds. The van der Waals surface area contributed by atoms with Gasteiger partial charge in [-0.2, -0.15) is 0 Å². The van der Waals surface area contributed by atoms with Gasteiger partial charge in [-0.15, -0.1) is 0 Å². The highest BCUT2D eigenvalue weighted by Crippen LogP contribution is 2.10. The van der Waals surface area contributed by atoms with Gasteiger partial charge >= 0.3 is 0 Å². The molecule has 0 aromatic rings. The van der Waals surface area contributed by atoms with E-state index in [0.29, 0.717) is 19.0 Å². The van der Waals surface area contributed by atoms with E-state index in [2.05, 4.69) is 19.2 Å². The fourth-order valence-electron chi connectivity index (χ4n) is 1.26. The van der Waals surface area contributed by atoms with Gasteiger partial charge in [0.25, 0.3) is 0 Å². The number of aliphatic hydroxyl groups excluding tert-OH is 3. The van der Waals surface area contributed by atoms with Gasteiger partial charge in [0.05, 0.1) is 25.4 Å². The minimum absolute atomic E-state index is 0.272. The highest BCUT2D eigenvalue weighted by Gasteiger charge is 2.28. The first-order valence-electron chi connectivity index (χ1n) is 5.33. The monoisotopic (exact) mass is 220 g/mol. The van der Waals surface area contributed by atoms with Gasteiger partial charge in [0.2, 0.25) is 0 Å². The quantitative estimate of drug-likeness (QED) is 0.344. The van der Waals surface area contributed by atoms with E-state index in [9.17, 15) is 0 Å². The van der Waals surface area contributed by atoms with E-state index in [-0.39, 0.29) is 25.7 Å². The Labute approximate surface area is 91.3 Å². The zero-order chi connectivity index (χ0) is 11.9. The summed E-state index contributed by atoms with van der Waals surface area (Å²) in [5.41, 5.74) is 4.60. The van der Waals surface area contributed by atoms with E-state index in [1.165, 1.54) is 0 Å². The Hall–Kier alpha value is -0.200. The molecule has 0 aliphatic heterocycles. The molecule has 0 bridgehead atoms. The maximum Gasteiger partial charge on any atom is 0.0881 e. The Morgan fingerprint density at radius 3 is 1.87 bits per heavy atom. The summed E-state index contributed by atoms with van der Waals surface area (Å²) in [4.78, 5) is 0. The lowest BCUT2D eigenvalue weighted by Gasteiger charge is -2.31. The Kier molecular flexibility index (Phi) is 7.04. The Morgan fingerprint density at radius 1 is 1.13 bits per heavy atom. The van der Waals surface area contributed by atoms with Gasteiger partial charge < -0.3 is 26.4 Å². The van der Waals surface area contributed by atoms with Crippen LogP contribution in [-0.4, -0.2) is 53.8 Å². The number of nitrogens with one attached hydrogen (secondary N) is 1. The lowest BCUT2D eigenvalue weighted by molar-refractivity contribution is 0.0386. The molecule has 0 saturated carbocycles. The van der Waals surface area contributed by atoms with E-state index < -0.39 is 5.54 Å². The summed E-state index contributed by atoms with van der Waals surface area (Å²) in [5, 5.41) is 30.2. The van der Waals surface area contributed by atoms with Crippen LogP contribution in [-0.2, 0) is 0 Å². The molecule has 0 heterocycles. The minimum atomic E-state index is -0.998. The van der Waals surface area contributed by atoms with Gasteiger partial charge in [-0.1, -0.05) is 13.8 Å². The predicted octanol–water partition coefficient (Wildman–Crippen LogP) is -1.48. The molecule has 6 N–H and O–H groups in total. The van der Waals surface area contributed by atoms with Crippen molar-refractivity contribution < 1.29 is 15.3 Å². The van der Waals surface area contributed by atoms with Gasteiger partial charge in [0.15, 0.2) is 0 Å². The van der Waals surface area contributed by atoms with E-state index in [1.807, 2.05) is 0 Å². The summed E-state index contributed by atoms with van der Waals surface area (Å²) in [6.07, 6.45) is 0. The molecule has 92 valence electrons. The molecule has 15 heavy (non-hydrogen) atoms. The fraction of sp³-hybridized carbons (Fsp3) is 1.00. The van der Waals surface area contributed by atoms with E-state index in [4.69, 9.17) is 21.1 Å². The molecule has 0 saturated heterocycles. The number of nitrogens with two attached hydrogens (primary N) is 1. The summed E-state index contributed by atoms with van der Waals surface area (Å²) < 4.78 is 0. The molecule has 0 rings (SSSR count). The van der Waals surface area contributed by atoms with Gasteiger partial charge in [-0.05, 0) is 18.4 Å². The van der Waals surface area contributed by atoms with Crippen LogP contribution >= 0.6 is 0 Å². The molecule has 0 radical (unpaired) electrons. The number of hydrogen-bond donors (Lipinski definition) is 5. The molecule has 0 aliphatic carbocycles. The summed E-state index contributed by atoms with van der Waals surface area (Å²) in [6.45, 7) is 4.37. The van der Waals surface area contributed by atoms with Crippen molar-refractivity contribution in [1.82, 2.24) is 5.32 Å². The zero-order valence-electron chi connectivity index (χ0n) is 9.61. The number of hydrogen-bond acceptors (Lipinski definition) is 5.